The zero-order chi connectivity index (χ0) is 41.5. The number of hydrogen-bond acceptors (Lipinski definition) is 6. The number of carbonyl (C=O) groups excluding carboxylic acids is 1. The van der Waals surface area contributed by atoms with Crippen LogP contribution in [0.1, 0.15) is 146 Å². The number of ether oxygens (including phenoxy) is 3. The molecular weight excluding hydrogens is 731 g/mol. The number of rotatable bonds is 12. The molecule has 2 unspecified atom stereocenters. The van der Waals surface area contributed by atoms with Gasteiger partial charge in [0.2, 0.25) is 0 Å². The van der Waals surface area contributed by atoms with E-state index >= 15 is 0 Å². The molecule has 56 heavy (non-hydrogen) atoms. The van der Waals surface area contributed by atoms with Gasteiger partial charge in [0, 0.05) is 20.7 Å². The van der Waals surface area contributed by atoms with Crippen molar-refractivity contribution in [2.45, 2.75) is 212 Å². The fraction of sp³-hybridized carbons (Fsp3) is 0.851. The first-order valence-electron chi connectivity index (χ1n) is 22.4. The summed E-state index contributed by atoms with van der Waals surface area (Å²) in [6.07, 6.45) is 23.1. The van der Waals surface area contributed by atoms with Crippen LogP contribution in [0.5, 0.6) is 0 Å². The van der Waals surface area contributed by atoms with Crippen molar-refractivity contribution in [3.05, 3.63) is 35.5 Å². The molecule has 1 amide bonds. The summed E-state index contributed by atoms with van der Waals surface area (Å²) >= 11 is 0. The van der Waals surface area contributed by atoms with Crippen LogP contribution in [0.3, 0.4) is 0 Å². The standard InChI is InChI=1S/C47H83NO6Si2/c1-43(2,3)55(12,13)53-36-31-34(32-37(33-36)54-56(14,15)44(4,5)6)21-22-35-19-18-26-46(9)38(35)23-24-39(46)45(7,8)27-25-40(51-41-20-16-17-30-50-41)47(28-29-47)52-42(49)48(10)11/h21-22,25,27,36-41H,16-20,23-24,26,28-33H2,1-15H3/b27-25+,35-22+/t36-,37-,38+,39-,40?,41?,46+/m1/s1. The Morgan fingerprint density at radius 3 is 1.96 bits per heavy atom. The van der Waals surface area contributed by atoms with Gasteiger partial charge in [0.15, 0.2) is 22.9 Å². The Hall–Kier alpha value is -1.24. The van der Waals surface area contributed by atoms with Gasteiger partial charge < -0.3 is 28.0 Å². The molecule has 9 heteroatoms. The lowest BCUT2D eigenvalue weighted by atomic mass is 9.57. The molecule has 7 nitrogen and oxygen atoms in total. The molecule has 5 aliphatic rings. The molecule has 5 rings (SSSR count). The van der Waals surface area contributed by atoms with Crippen LogP contribution in [0.4, 0.5) is 4.79 Å². The predicted molar refractivity (Wildman–Crippen MR) is 236 cm³/mol. The van der Waals surface area contributed by atoms with E-state index in [1.54, 1.807) is 19.7 Å². The Morgan fingerprint density at radius 1 is 0.839 bits per heavy atom. The van der Waals surface area contributed by atoms with Gasteiger partial charge in [0.1, 0.15) is 11.7 Å². The lowest BCUT2D eigenvalue weighted by Gasteiger charge is -2.47. The highest BCUT2D eigenvalue weighted by molar-refractivity contribution is 6.74. The molecule has 7 atom stereocenters. The Morgan fingerprint density at radius 2 is 1.45 bits per heavy atom. The second-order valence-electron chi connectivity index (χ2n) is 22.6. The van der Waals surface area contributed by atoms with Crippen LogP contribution in [0.15, 0.2) is 35.5 Å². The van der Waals surface area contributed by atoms with E-state index in [4.69, 9.17) is 23.1 Å². The zero-order valence-electron chi connectivity index (χ0n) is 38.6. The highest BCUT2D eigenvalue weighted by Gasteiger charge is 2.56. The van der Waals surface area contributed by atoms with E-state index in [-0.39, 0.29) is 51.6 Å². The lowest BCUT2D eigenvalue weighted by molar-refractivity contribution is -0.200. The van der Waals surface area contributed by atoms with E-state index in [1.807, 2.05) is 0 Å². The average Bonchev–Trinajstić information content (AvgIpc) is 3.75. The van der Waals surface area contributed by atoms with Crippen LogP contribution in [-0.4, -0.2) is 78.5 Å². The van der Waals surface area contributed by atoms with Crippen molar-refractivity contribution in [1.82, 2.24) is 4.90 Å². The fourth-order valence-electron chi connectivity index (χ4n) is 9.93. The summed E-state index contributed by atoms with van der Waals surface area (Å²) < 4.78 is 33.1. The third-order valence-corrected chi connectivity index (χ3v) is 24.6. The second-order valence-corrected chi connectivity index (χ2v) is 32.1. The number of amides is 1. The van der Waals surface area contributed by atoms with Gasteiger partial charge in [-0.25, -0.2) is 4.79 Å². The Kier molecular flexibility index (Phi) is 13.9. The summed E-state index contributed by atoms with van der Waals surface area (Å²) in [7, 11) is -0.369. The van der Waals surface area contributed by atoms with Gasteiger partial charge in [-0.1, -0.05) is 97.8 Å². The second kappa shape index (κ2) is 17.0. The van der Waals surface area contributed by atoms with Gasteiger partial charge in [-0.3, -0.25) is 0 Å². The molecule has 0 radical (unpaired) electrons. The monoisotopic (exact) mass is 814 g/mol. The summed E-state index contributed by atoms with van der Waals surface area (Å²) in [5.41, 5.74) is 2.70. The van der Waals surface area contributed by atoms with Crippen LogP contribution in [0.25, 0.3) is 0 Å². The van der Waals surface area contributed by atoms with E-state index in [0.29, 0.717) is 11.8 Å². The van der Waals surface area contributed by atoms with E-state index in [0.717, 1.165) is 58.0 Å². The molecule has 0 N–H and O–H groups in total. The SMILES string of the molecule is CN(C)C(=O)OC1(C(/C=C/C(C)(C)[C@H]2CC[C@H]3/C(=C/C=C4C[C@@H](O[Si](C)(C)C(C)(C)C)C[C@H](O[Si](C)(C)C(C)(C)C)C4)CCC[C@]23C)OC2CCCCO2)CC1. The maximum Gasteiger partial charge on any atom is 0.409 e. The number of allylic oxidation sites excluding steroid dienone is 4. The van der Waals surface area contributed by atoms with Crippen LogP contribution < -0.4 is 0 Å². The molecular formula is C47H83NO6Si2. The van der Waals surface area contributed by atoms with Crippen molar-refractivity contribution in [3.63, 3.8) is 0 Å². The van der Waals surface area contributed by atoms with Crippen LogP contribution in [0, 0.1) is 22.7 Å². The van der Waals surface area contributed by atoms with Gasteiger partial charge in [0.25, 0.3) is 0 Å². The highest BCUT2D eigenvalue weighted by Crippen LogP contribution is 2.62. The summed E-state index contributed by atoms with van der Waals surface area (Å²) in [6.45, 7) is 31.9. The predicted octanol–water partition coefficient (Wildman–Crippen LogP) is 12.7. The molecule has 0 bridgehead atoms. The maximum absolute atomic E-state index is 12.8. The molecule has 5 fully saturated rings. The minimum atomic E-state index is -1.93. The lowest BCUT2D eigenvalue weighted by Crippen LogP contribution is -2.48. The average molecular weight is 814 g/mol. The van der Waals surface area contributed by atoms with Crippen molar-refractivity contribution >= 4 is 22.7 Å². The largest absolute Gasteiger partial charge is 0.440 e. The molecule has 1 saturated heterocycles. The first kappa shape index (κ1) is 45.8. The molecule has 4 saturated carbocycles. The third-order valence-electron chi connectivity index (χ3n) is 15.5. The molecule has 0 aromatic heterocycles. The first-order valence-corrected chi connectivity index (χ1v) is 28.2. The molecule has 0 aromatic carbocycles. The summed E-state index contributed by atoms with van der Waals surface area (Å²) in [5, 5.41) is 0.354. The fourth-order valence-corrected chi connectivity index (χ4v) is 12.7. The Bertz CT molecular complexity index is 1420. The van der Waals surface area contributed by atoms with Gasteiger partial charge in [-0.2, -0.15) is 0 Å². The molecule has 320 valence electrons. The van der Waals surface area contributed by atoms with Crippen molar-refractivity contribution in [3.8, 4) is 0 Å². The van der Waals surface area contributed by atoms with Crippen LogP contribution in [-0.2, 0) is 23.1 Å². The molecule has 0 spiro atoms. The number of fused-ring (bicyclic) bond motifs is 1. The van der Waals surface area contributed by atoms with Crippen molar-refractivity contribution in [1.29, 1.82) is 0 Å². The van der Waals surface area contributed by atoms with Gasteiger partial charge in [-0.15, -0.1) is 0 Å². The topological polar surface area (TPSA) is 66.5 Å². The molecule has 0 aromatic rings. The van der Waals surface area contributed by atoms with E-state index in [2.05, 4.69) is 113 Å². The van der Waals surface area contributed by atoms with Gasteiger partial charge in [0.05, 0.1) is 12.2 Å². The number of nitrogens with zero attached hydrogens (tertiary/aromatic N) is 1. The van der Waals surface area contributed by atoms with E-state index < -0.39 is 22.2 Å². The highest BCUT2D eigenvalue weighted by atomic mass is 28.4. The Balaban J connectivity index is 1.36. The normalized spacial score (nSPS) is 31.7. The Labute approximate surface area is 345 Å². The van der Waals surface area contributed by atoms with Crippen molar-refractivity contribution < 1.29 is 27.9 Å². The minimum absolute atomic E-state index is 0.0485. The molecule has 1 heterocycles. The summed E-state index contributed by atoms with van der Waals surface area (Å²) in [5.74, 6) is 1.13. The molecule has 1 aliphatic heterocycles. The van der Waals surface area contributed by atoms with E-state index in [9.17, 15) is 4.79 Å². The summed E-state index contributed by atoms with van der Waals surface area (Å²) in [4.78, 5) is 14.3. The molecule has 4 aliphatic carbocycles. The van der Waals surface area contributed by atoms with E-state index in [1.165, 1.54) is 42.6 Å². The third kappa shape index (κ3) is 10.5. The van der Waals surface area contributed by atoms with Gasteiger partial charge in [-0.05, 0) is 142 Å². The van der Waals surface area contributed by atoms with Crippen LogP contribution >= 0.6 is 0 Å². The number of carbonyl (C=O) groups is 1. The smallest absolute Gasteiger partial charge is 0.409 e. The number of hydrogen-bond donors (Lipinski definition) is 0. The first-order chi connectivity index (χ1) is 25.8. The van der Waals surface area contributed by atoms with Crippen molar-refractivity contribution in [2.24, 2.45) is 22.7 Å². The minimum Gasteiger partial charge on any atom is -0.440 e. The maximum atomic E-state index is 12.8. The van der Waals surface area contributed by atoms with Crippen LogP contribution in [0.2, 0.25) is 36.3 Å². The van der Waals surface area contributed by atoms with Crippen molar-refractivity contribution in [2.75, 3.05) is 20.7 Å². The quantitative estimate of drug-likeness (QED) is 0.144. The van der Waals surface area contributed by atoms with Gasteiger partial charge >= 0.3 is 6.09 Å². The summed E-state index contributed by atoms with van der Waals surface area (Å²) in [6, 6.07) is 0. The zero-order valence-corrected chi connectivity index (χ0v) is 40.6.